The van der Waals surface area contributed by atoms with E-state index in [4.69, 9.17) is 10.5 Å². The number of hydrogen-bond acceptors (Lipinski definition) is 3. The molecule has 1 aromatic carbocycles. The van der Waals surface area contributed by atoms with Gasteiger partial charge in [-0.15, -0.1) is 0 Å². The van der Waals surface area contributed by atoms with Gasteiger partial charge in [-0.3, -0.25) is 4.79 Å². The predicted octanol–water partition coefficient (Wildman–Crippen LogP) is 2.40. The van der Waals surface area contributed by atoms with Crippen molar-refractivity contribution in [1.82, 2.24) is 0 Å². The van der Waals surface area contributed by atoms with E-state index in [1.54, 1.807) is 0 Å². The van der Waals surface area contributed by atoms with Crippen LogP contribution < -0.4 is 15.8 Å². The Labute approximate surface area is 119 Å². The number of carbonyl (C=O) groups excluding carboxylic acids is 1. The minimum atomic E-state index is 0.192. The number of anilines is 1. The Bertz CT molecular complexity index is 460. The van der Waals surface area contributed by atoms with Crippen LogP contribution in [0.15, 0.2) is 24.3 Å². The topological polar surface area (TPSA) is 64.3 Å². The van der Waals surface area contributed by atoms with Crippen LogP contribution >= 0.6 is 0 Å². The SMILES string of the molecule is NCCOc1ccc(NC(=O)C2C3CCCCC32)cc1. The van der Waals surface area contributed by atoms with E-state index in [9.17, 15) is 4.79 Å². The molecule has 0 spiro atoms. The average Bonchev–Trinajstić information content (AvgIpc) is 3.21. The van der Waals surface area contributed by atoms with Gasteiger partial charge < -0.3 is 15.8 Å². The third-order valence-electron chi connectivity index (χ3n) is 4.47. The van der Waals surface area contributed by atoms with Crippen molar-refractivity contribution in [1.29, 1.82) is 0 Å². The molecule has 2 atom stereocenters. The van der Waals surface area contributed by atoms with Crippen molar-refractivity contribution in [3.8, 4) is 5.75 Å². The highest BCUT2D eigenvalue weighted by molar-refractivity contribution is 5.94. The van der Waals surface area contributed by atoms with Crippen LogP contribution in [0.5, 0.6) is 5.75 Å². The fourth-order valence-electron chi connectivity index (χ4n) is 3.42. The summed E-state index contributed by atoms with van der Waals surface area (Å²) in [7, 11) is 0. The molecule has 1 aromatic rings. The maximum absolute atomic E-state index is 12.2. The Balaban J connectivity index is 1.54. The molecule has 0 aromatic heterocycles. The summed E-state index contributed by atoms with van der Waals surface area (Å²) in [6, 6.07) is 7.50. The highest BCUT2D eigenvalue weighted by Gasteiger charge is 2.54. The first kappa shape index (κ1) is 13.4. The van der Waals surface area contributed by atoms with Crippen LogP contribution in [-0.4, -0.2) is 19.1 Å². The lowest BCUT2D eigenvalue weighted by atomic mass is 10.0. The molecule has 2 fully saturated rings. The molecule has 4 heteroatoms. The summed E-state index contributed by atoms with van der Waals surface area (Å²) in [5.41, 5.74) is 6.23. The van der Waals surface area contributed by atoms with Crippen LogP contribution in [0.4, 0.5) is 5.69 Å². The summed E-state index contributed by atoms with van der Waals surface area (Å²) >= 11 is 0. The van der Waals surface area contributed by atoms with Gasteiger partial charge >= 0.3 is 0 Å². The van der Waals surface area contributed by atoms with Crippen LogP contribution in [0.3, 0.4) is 0 Å². The first-order valence-electron chi connectivity index (χ1n) is 7.53. The second kappa shape index (κ2) is 5.83. The summed E-state index contributed by atoms with van der Waals surface area (Å²) in [4.78, 5) is 12.2. The molecule has 0 aliphatic heterocycles. The summed E-state index contributed by atoms with van der Waals surface area (Å²) in [6.45, 7) is 1.01. The zero-order valence-corrected chi connectivity index (χ0v) is 11.7. The van der Waals surface area contributed by atoms with Crippen LogP contribution in [-0.2, 0) is 4.79 Å². The number of amides is 1. The molecule has 0 bridgehead atoms. The molecule has 2 aliphatic rings. The van der Waals surface area contributed by atoms with Gasteiger partial charge in [0.2, 0.25) is 5.91 Å². The lowest BCUT2D eigenvalue weighted by molar-refractivity contribution is -0.117. The van der Waals surface area contributed by atoms with Crippen molar-refractivity contribution in [2.24, 2.45) is 23.5 Å². The number of rotatable bonds is 5. The zero-order chi connectivity index (χ0) is 13.9. The summed E-state index contributed by atoms with van der Waals surface area (Å²) in [5.74, 6) is 2.53. The van der Waals surface area contributed by atoms with Gasteiger partial charge in [-0.25, -0.2) is 0 Å². The molecular weight excluding hydrogens is 252 g/mol. The minimum absolute atomic E-state index is 0.192. The van der Waals surface area contributed by atoms with Crippen molar-refractivity contribution in [2.75, 3.05) is 18.5 Å². The van der Waals surface area contributed by atoms with Gasteiger partial charge in [0.05, 0.1) is 0 Å². The molecule has 4 nitrogen and oxygen atoms in total. The average molecular weight is 274 g/mol. The largest absolute Gasteiger partial charge is 0.492 e. The van der Waals surface area contributed by atoms with Gasteiger partial charge in [0.25, 0.3) is 0 Å². The highest BCUT2D eigenvalue weighted by atomic mass is 16.5. The smallest absolute Gasteiger partial charge is 0.228 e. The molecule has 1 amide bonds. The maximum atomic E-state index is 12.2. The zero-order valence-electron chi connectivity index (χ0n) is 11.7. The quantitative estimate of drug-likeness (QED) is 0.866. The summed E-state index contributed by atoms with van der Waals surface area (Å²) in [5, 5.41) is 3.02. The molecule has 2 saturated carbocycles. The molecule has 2 unspecified atom stereocenters. The van der Waals surface area contributed by atoms with Gasteiger partial charge in [-0.2, -0.15) is 0 Å². The fourth-order valence-corrected chi connectivity index (χ4v) is 3.42. The first-order valence-corrected chi connectivity index (χ1v) is 7.53. The molecule has 108 valence electrons. The molecule has 20 heavy (non-hydrogen) atoms. The molecule has 0 radical (unpaired) electrons. The number of carbonyl (C=O) groups is 1. The van der Waals surface area contributed by atoms with E-state index in [1.165, 1.54) is 25.7 Å². The van der Waals surface area contributed by atoms with Gasteiger partial charge in [0.15, 0.2) is 0 Å². The van der Waals surface area contributed by atoms with Crippen LogP contribution in [0.1, 0.15) is 25.7 Å². The molecule has 0 saturated heterocycles. The summed E-state index contributed by atoms with van der Waals surface area (Å²) < 4.78 is 5.41. The fraction of sp³-hybridized carbons (Fsp3) is 0.562. The second-order valence-electron chi connectivity index (χ2n) is 5.79. The van der Waals surface area contributed by atoms with E-state index in [0.29, 0.717) is 25.0 Å². The van der Waals surface area contributed by atoms with Gasteiger partial charge in [-0.05, 0) is 48.9 Å². The number of ether oxygens (including phenoxy) is 1. The molecule has 3 N–H and O–H groups in total. The van der Waals surface area contributed by atoms with Crippen molar-refractivity contribution >= 4 is 11.6 Å². The molecular formula is C16H22N2O2. The van der Waals surface area contributed by atoms with E-state index < -0.39 is 0 Å². The normalized spacial score (nSPS) is 27.6. The van der Waals surface area contributed by atoms with E-state index in [2.05, 4.69) is 5.32 Å². The van der Waals surface area contributed by atoms with Crippen LogP contribution in [0.25, 0.3) is 0 Å². The summed E-state index contributed by atoms with van der Waals surface area (Å²) in [6.07, 6.45) is 5.04. The number of nitrogens with one attached hydrogen (secondary N) is 1. The molecule has 0 heterocycles. The number of fused-ring (bicyclic) bond motifs is 1. The monoisotopic (exact) mass is 274 g/mol. The van der Waals surface area contributed by atoms with Gasteiger partial charge in [0.1, 0.15) is 12.4 Å². The highest BCUT2D eigenvalue weighted by Crippen LogP contribution is 2.55. The number of benzene rings is 1. The lowest BCUT2D eigenvalue weighted by Gasteiger charge is -2.07. The van der Waals surface area contributed by atoms with E-state index in [1.807, 2.05) is 24.3 Å². The Morgan fingerprint density at radius 1 is 1.20 bits per heavy atom. The van der Waals surface area contributed by atoms with Crippen molar-refractivity contribution in [3.63, 3.8) is 0 Å². The van der Waals surface area contributed by atoms with Crippen molar-refractivity contribution in [3.05, 3.63) is 24.3 Å². The number of hydrogen-bond donors (Lipinski definition) is 2. The third-order valence-corrected chi connectivity index (χ3v) is 4.47. The van der Waals surface area contributed by atoms with E-state index >= 15 is 0 Å². The Hall–Kier alpha value is -1.55. The Morgan fingerprint density at radius 2 is 1.85 bits per heavy atom. The lowest BCUT2D eigenvalue weighted by Crippen LogP contribution is -2.15. The molecule has 2 aliphatic carbocycles. The first-order chi connectivity index (χ1) is 9.79. The minimum Gasteiger partial charge on any atom is -0.492 e. The second-order valence-corrected chi connectivity index (χ2v) is 5.79. The maximum Gasteiger partial charge on any atom is 0.228 e. The predicted molar refractivity (Wildman–Crippen MR) is 78.6 cm³/mol. The van der Waals surface area contributed by atoms with Gasteiger partial charge in [0, 0.05) is 18.2 Å². The van der Waals surface area contributed by atoms with E-state index in [0.717, 1.165) is 11.4 Å². The van der Waals surface area contributed by atoms with Crippen LogP contribution in [0.2, 0.25) is 0 Å². The van der Waals surface area contributed by atoms with Crippen LogP contribution in [0, 0.1) is 17.8 Å². The molecule has 3 rings (SSSR count). The standard InChI is InChI=1S/C16H22N2O2/c17-9-10-20-12-7-5-11(6-8-12)18-16(19)15-13-3-1-2-4-14(13)15/h5-8,13-15H,1-4,9-10,17H2,(H,18,19). The third kappa shape index (κ3) is 2.80. The van der Waals surface area contributed by atoms with Crippen molar-refractivity contribution in [2.45, 2.75) is 25.7 Å². The van der Waals surface area contributed by atoms with E-state index in [-0.39, 0.29) is 11.8 Å². The van der Waals surface area contributed by atoms with Gasteiger partial charge in [-0.1, -0.05) is 12.8 Å². The number of nitrogens with two attached hydrogens (primary N) is 1. The Kier molecular flexibility index (Phi) is 3.92. The van der Waals surface area contributed by atoms with Crippen molar-refractivity contribution < 1.29 is 9.53 Å². The Morgan fingerprint density at radius 3 is 2.45 bits per heavy atom.